The molecule has 2 N–H and O–H groups in total. The van der Waals surface area contributed by atoms with Crippen molar-refractivity contribution in [3.8, 4) is 0 Å². The number of non-ortho nitro benzene ring substituents is 1. The number of carbonyl (C=O) groups is 2. The van der Waals surface area contributed by atoms with Crippen LogP contribution in [-0.2, 0) is 4.79 Å². The normalized spacial score (nSPS) is 16.7. The molecule has 1 aromatic rings. The highest BCUT2D eigenvalue weighted by atomic mass is 16.6. The summed E-state index contributed by atoms with van der Waals surface area (Å²) in [6, 6.07) is 5.48. The van der Waals surface area contributed by atoms with Crippen LogP contribution in [0.2, 0.25) is 0 Å². The van der Waals surface area contributed by atoms with Crippen molar-refractivity contribution in [1.82, 2.24) is 10.2 Å². The zero-order chi connectivity index (χ0) is 17.0. The Kier molecular flexibility index (Phi) is 5.15. The number of carboxylic acids is 1. The summed E-state index contributed by atoms with van der Waals surface area (Å²) < 4.78 is 0. The molecule has 2 rings (SSSR count). The quantitative estimate of drug-likeness (QED) is 0.652. The van der Waals surface area contributed by atoms with Crippen LogP contribution in [-0.4, -0.2) is 40.0 Å². The average molecular weight is 321 g/mol. The van der Waals surface area contributed by atoms with Crippen LogP contribution in [0.4, 0.5) is 10.5 Å². The van der Waals surface area contributed by atoms with Crippen LogP contribution in [0.1, 0.15) is 31.4 Å². The van der Waals surface area contributed by atoms with Gasteiger partial charge in [-0.05, 0) is 25.3 Å². The third kappa shape index (κ3) is 4.18. The van der Waals surface area contributed by atoms with Gasteiger partial charge in [-0.2, -0.15) is 0 Å². The third-order valence-electron chi connectivity index (χ3n) is 4.08. The molecule has 8 nitrogen and oxygen atoms in total. The molecule has 124 valence electrons. The number of carbonyl (C=O) groups excluding carboxylic acids is 1. The highest BCUT2D eigenvalue weighted by molar-refractivity contribution is 5.75. The van der Waals surface area contributed by atoms with Crippen LogP contribution in [0.5, 0.6) is 0 Å². The predicted molar refractivity (Wildman–Crippen MR) is 82.0 cm³/mol. The first kappa shape index (κ1) is 16.7. The first-order chi connectivity index (χ1) is 10.9. The first-order valence-electron chi connectivity index (χ1n) is 7.41. The molecule has 2 amide bonds. The number of likely N-dealkylation sites (tertiary alicyclic amines) is 1. The minimum atomic E-state index is -0.815. The molecule has 1 aliphatic heterocycles. The molecule has 0 aliphatic carbocycles. The second kappa shape index (κ2) is 7.08. The number of piperidine rings is 1. The van der Waals surface area contributed by atoms with E-state index in [2.05, 4.69) is 5.32 Å². The van der Waals surface area contributed by atoms with Crippen LogP contribution in [0.25, 0.3) is 0 Å². The number of nitrogens with one attached hydrogen (secondary N) is 1. The van der Waals surface area contributed by atoms with Crippen molar-refractivity contribution in [3.63, 3.8) is 0 Å². The van der Waals surface area contributed by atoms with Gasteiger partial charge in [0.25, 0.3) is 5.69 Å². The molecule has 0 unspecified atom stereocenters. The molecule has 1 atom stereocenters. The lowest BCUT2D eigenvalue weighted by Gasteiger charge is -2.31. The number of carboxylic acid groups (broad SMARTS) is 1. The van der Waals surface area contributed by atoms with Crippen LogP contribution >= 0.6 is 0 Å². The van der Waals surface area contributed by atoms with E-state index in [1.165, 1.54) is 12.1 Å². The maximum absolute atomic E-state index is 12.2. The van der Waals surface area contributed by atoms with Crippen molar-refractivity contribution < 1.29 is 19.6 Å². The lowest BCUT2D eigenvalue weighted by atomic mass is 9.97. The third-order valence-corrected chi connectivity index (χ3v) is 4.08. The summed E-state index contributed by atoms with van der Waals surface area (Å²) >= 11 is 0. The van der Waals surface area contributed by atoms with E-state index in [1.54, 1.807) is 24.0 Å². The number of amides is 2. The van der Waals surface area contributed by atoms with E-state index in [0.29, 0.717) is 25.9 Å². The van der Waals surface area contributed by atoms with Gasteiger partial charge < -0.3 is 15.3 Å². The van der Waals surface area contributed by atoms with Gasteiger partial charge in [0, 0.05) is 25.2 Å². The van der Waals surface area contributed by atoms with E-state index >= 15 is 0 Å². The fraction of sp³-hybridized carbons (Fsp3) is 0.467. The van der Waals surface area contributed by atoms with Gasteiger partial charge in [0.05, 0.1) is 16.9 Å². The van der Waals surface area contributed by atoms with Crippen LogP contribution in [0, 0.1) is 16.0 Å². The van der Waals surface area contributed by atoms with Crippen LogP contribution in [0.15, 0.2) is 24.3 Å². The number of rotatable bonds is 4. The van der Waals surface area contributed by atoms with E-state index in [-0.39, 0.29) is 23.7 Å². The Bertz CT molecular complexity index is 594. The van der Waals surface area contributed by atoms with Gasteiger partial charge >= 0.3 is 12.0 Å². The summed E-state index contributed by atoms with van der Waals surface area (Å²) in [7, 11) is 0. The molecular formula is C15H19N3O5. The van der Waals surface area contributed by atoms with E-state index in [4.69, 9.17) is 5.11 Å². The fourth-order valence-corrected chi connectivity index (χ4v) is 2.57. The maximum Gasteiger partial charge on any atom is 0.317 e. The van der Waals surface area contributed by atoms with Gasteiger partial charge in [0.2, 0.25) is 0 Å². The van der Waals surface area contributed by atoms with E-state index in [0.717, 1.165) is 5.56 Å². The molecule has 1 aromatic carbocycles. The van der Waals surface area contributed by atoms with Gasteiger partial charge in [-0.15, -0.1) is 0 Å². The van der Waals surface area contributed by atoms with Crippen LogP contribution < -0.4 is 5.32 Å². The molecule has 1 aliphatic rings. The monoisotopic (exact) mass is 321 g/mol. The highest BCUT2D eigenvalue weighted by Crippen LogP contribution is 2.20. The Balaban J connectivity index is 1.90. The molecule has 0 spiro atoms. The minimum absolute atomic E-state index is 0.00280. The summed E-state index contributed by atoms with van der Waals surface area (Å²) in [4.78, 5) is 34.8. The number of nitro groups is 1. The summed E-state index contributed by atoms with van der Waals surface area (Å²) in [5.41, 5.74) is 0.771. The molecule has 0 saturated carbocycles. The second-order valence-electron chi connectivity index (χ2n) is 5.62. The number of urea groups is 1. The standard InChI is InChI=1S/C15H19N3O5/c1-10(11-2-4-13(5-3-11)18(22)23)16-15(21)17-8-6-12(7-9-17)14(19)20/h2-5,10,12H,6-9H2,1H3,(H,16,21)(H,19,20)/t10-/m0/s1. The molecule has 0 bridgehead atoms. The molecule has 23 heavy (non-hydrogen) atoms. The second-order valence-corrected chi connectivity index (χ2v) is 5.62. The van der Waals surface area contributed by atoms with E-state index in [9.17, 15) is 19.7 Å². The Hall–Kier alpha value is -2.64. The molecule has 1 saturated heterocycles. The smallest absolute Gasteiger partial charge is 0.317 e. The summed E-state index contributed by atoms with van der Waals surface area (Å²) in [6.07, 6.45) is 0.906. The lowest BCUT2D eigenvalue weighted by Crippen LogP contribution is -2.46. The van der Waals surface area contributed by atoms with Crippen LogP contribution in [0.3, 0.4) is 0 Å². The average Bonchev–Trinajstić information content (AvgIpc) is 2.54. The van der Waals surface area contributed by atoms with Gasteiger partial charge in [-0.1, -0.05) is 12.1 Å². The Labute approximate surface area is 133 Å². The Morgan fingerprint density at radius 2 is 1.87 bits per heavy atom. The van der Waals surface area contributed by atoms with E-state index < -0.39 is 10.9 Å². The SMILES string of the molecule is C[C@H](NC(=O)N1CCC(C(=O)O)CC1)c1ccc([N+](=O)[O-])cc1. The van der Waals surface area contributed by atoms with Crippen molar-refractivity contribution >= 4 is 17.7 Å². The number of benzene rings is 1. The number of aliphatic carboxylic acids is 1. The molecule has 8 heteroatoms. The van der Waals surface area contributed by atoms with Gasteiger partial charge in [-0.3, -0.25) is 14.9 Å². The number of hydrogen-bond donors (Lipinski definition) is 2. The number of nitrogens with zero attached hydrogens (tertiary/aromatic N) is 2. The number of hydrogen-bond acceptors (Lipinski definition) is 4. The summed E-state index contributed by atoms with van der Waals surface area (Å²) in [5, 5.41) is 22.4. The zero-order valence-corrected chi connectivity index (χ0v) is 12.8. The molecule has 1 heterocycles. The minimum Gasteiger partial charge on any atom is -0.481 e. The van der Waals surface area contributed by atoms with Gasteiger partial charge in [0.1, 0.15) is 0 Å². The summed E-state index contributed by atoms with van der Waals surface area (Å²) in [6.45, 7) is 2.62. The largest absolute Gasteiger partial charge is 0.481 e. The van der Waals surface area contributed by atoms with E-state index in [1.807, 2.05) is 0 Å². The fourth-order valence-electron chi connectivity index (χ4n) is 2.57. The molecule has 0 radical (unpaired) electrons. The predicted octanol–water partition coefficient (Wildman–Crippen LogP) is 2.16. The van der Waals surface area contributed by atoms with Crippen molar-refractivity contribution in [3.05, 3.63) is 39.9 Å². The van der Waals surface area contributed by atoms with Gasteiger partial charge in [0.15, 0.2) is 0 Å². The number of nitro benzene ring substituents is 1. The maximum atomic E-state index is 12.2. The van der Waals surface area contributed by atoms with Crippen molar-refractivity contribution in [1.29, 1.82) is 0 Å². The van der Waals surface area contributed by atoms with Crippen molar-refractivity contribution in [2.24, 2.45) is 5.92 Å². The van der Waals surface area contributed by atoms with Gasteiger partial charge in [-0.25, -0.2) is 4.79 Å². The van der Waals surface area contributed by atoms with Crippen molar-refractivity contribution in [2.45, 2.75) is 25.8 Å². The summed E-state index contributed by atoms with van der Waals surface area (Å²) in [5.74, 6) is -1.20. The van der Waals surface area contributed by atoms with Crippen molar-refractivity contribution in [2.75, 3.05) is 13.1 Å². The lowest BCUT2D eigenvalue weighted by molar-refractivity contribution is -0.384. The molecular weight excluding hydrogens is 302 g/mol. The Morgan fingerprint density at radius 1 is 1.30 bits per heavy atom. The highest BCUT2D eigenvalue weighted by Gasteiger charge is 2.27. The molecule has 0 aromatic heterocycles. The zero-order valence-electron chi connectivity index (χ0n) is 12.8. The Morgan fingerprint density at radius 3 is 2.35 bits per heavy atom. The topological polar surface area (TPSA) is 113 Å². The molecule has 1 fully saturated rings. The first-order valence-corrected chi connectivity index (χ1v) is 7.41.